The van der Waals surface area contributed by atoms with Crippen molar-refractivity contribution in [1.82, 2.24) is 4.90 Å². The van der Waals surface area contributed by atoms with E-state index in [4.69, 9.17) is 4.42 Å². The van der Waals surface area contributed by atoms with Crippen molar-refractivity contribution in [3.8, 4) is 11.3 Å². The molecule has 1 aromatic carbocycles. The van der Waals surface area contributed by atoms with Crippen molar-refractivity contribution in [3.05, 3.63) is 68.2 Å². The summed E-state index contributed by atoms with van der Waals surface area (Å²) in [6.45, 7) is 3.68. The number of carbonyl (C=O) groups excluding carboxylic acids is 2. The smallest absolute Gasteiger partial charge is 0.293 e. The molecule has 1 aliphatic rings. The van der Waals surface area contributed by atoms with Crippen LogP contribution in [0.5, 0.6) is 0 Å². The third-order valence-corrected chi connectivity index (χ3v) is 5.08. The Morgan fingerprint density at radius 3 is 2.73 bits per heavy atom. The molecule has 2 amide bonds. The summed E-state index contributed by atoms with van der Waals surface area (Å²) in [5, 5.41) is 10.5. The molecule has 0 unspecified atom stereocenters. The second-order valence-electron chi connectivity index (χ2n) is 5.20. The van der Waals surface area contributed by atoms with E-state index >= 15 is 0 Å². The van der Waals surface area contributed by atoms with Gasteiger partial charge in [-0.25, -0.2) is 0 Å². The molecule has 1 aliphatic heterocycles. The fraction of sp³-hybridized carbons (Fsp3) is 0.0588. The molecule has 0 radical (unpaired) electrons. The normalized spacial score (nSPS) is 15.7. The van der Waals surface area contributed by atoms with Crippen molar-refractivity contribution >= 4 is 50.6 Å². The van der Waals surface area contributed by atoms with Gasteiger partial charge in [-0.05, 0) is 45.9 Å². The molecule has 0 bridgehead atoms. The zero-order valence-corrected chi connectivity index (χ0v) is 15.6. The van der Waals surface area contributed by atoms with Gasteiger partial charge in [-0.2, -0.15) is 0 Å². The first-order chi connectivity index (χ1) is 12.4. The monoisotopic (exact) mass is 434 g/mol. The van der Waals surface area contributed by atoms with E-state index in [0.717, 1.165) is 16.7 Å². The quantitative estimate of drug-likeness (QED) is 0.289. The van der Waals surface area contributed by atoms with Gasteiger partial charge in [0.1, 0.15) is 11.5 Å². The maximum Gasteiger partial charge on any atom is 0.293 e. The van der Waals surface area contributed by atoms with Gasteiger partial charge in [-0.15, -0.1) is 6.58 Å². The molecule has 7 nitrogen and oxygen atoms in total. The summed E-state index contributed by atoms with van der Waals surface area (Å²) < 4.78 is 6.21. The number of rotatable bonds is 5. The summed E-state index contributed by atoms with van der Waals surface area (Å²) >= 11 is 4.13. The van der Waals surface area contributed by atoms with E-state index in [2.05, 4.69) is 22.5 Å². The van der Waals surface area contributed by atoms with Crippen LogP contribution in [0.25, 0.3) is 17.4 Å². The molecule has 1 aromatic heterocycles. The molecule has 0 saturated carbocycles. The maximum atomic E-state index is 12.2. The molecular weight excluding hydrogens is 424 g/mol. The lowest BCUT2D eigenvalue weighted by Gasteiger charge is -2.07. The van der Waals surface area contributed by atoms with E-state index < -0.39 is 10.8 Å². The van der Waals surface area contributed by atoms with Crippen LogP contribution in [0.3, 0.4) is 0 Å². The fourth-order valence-corrected chi connectivity index (χ4v) is 3.70. The van der Waals surface area contributed by atoms with E-state index in [1.54, 1.807) is 18.2 Å². The van der Waals surface area contributed by atoms with Crippen LogP contribution in [-0.4, -0.2) is 27.5 Å². The van der Waals surface area contributed by atoms with Crippen LogP contribution in [0.4, 0.5) is 10.5 Å². The second kappa shape index (κ2) is 7.30. The fourth-order valence-electron chi connectivity index (χ4n) is 2.31. The van der Waals surface area contributed by atoms with E-state index in [-0.39, 0.29) is 22.4 Å². The van der Waals surface area contributed by atoms with Crippen LogP contribution in [0.15, 0.2) is 56.8 Å². The van der Waals surface area contributed by atoms with Crippen molar-refractivity contribution in [1.29, 1.82) is 0 Å². The van der Waals surface area contributed by atoms with Gasteiger partial charge in [0.2, 0.25) is 0 Å². The molecule has 1 fully saturated rings. The predicted molar refractivity (Wildman–Crippen MR) is 101 cm³/mol. The number of nitrogens with zero attached hydrogens (tertiary/aromatic N) is 2. The first-order valence-electron chi connectivity index (χ1n) is 7.31. The summed E-state index contributed by atoms with van der Waals surface area (Å²) in [6, 6.07) is 7.68. The third-order valence-electron chi connectivity index (χ3n) is 3.51. The Hall–Kier alpha value is -2.65. The van der Waals surface area contributed by atoms with Gasteiger partial charge in [-0.1, -0.05) is 6.08 Å². The number of hydrogen-bond acceptors (Lipinski definition) is 6. The van der Waals surface area contributed by atoms with Crippen LogP contribution < -0.4 is 0 Å². The number of furan rings is 1. The average Bonchev–Trinajstić information content (AvgIpc) is 3.15. The topological polar surface area (TPSA) is 93.7 Å². The summed E-state index contributed by atoms with van der Waals surface area (Å²) in [4.78, 5) is 35.7. The van der Waals surface area contributed by atoms with Crippen molar-refractivity contribution in [2.75, 3.05) is 6.54 Å². The highest BCUT2D eigenvalue weighted by Crippen LogP contribution is 2.35. The first kappa shape index (κ1) is 18.2. The standard InChI is InChI=1S/C17H11BrN2O5S/c1-2-7-19-16(21)15(26-17(19)22)9-11-4-6-14(25-11)12-5-3-10(20(23)24)8-13(12)18/h2-6,8-9H,1,7H2/b15-9-. The lowest BCUT2D eigenvalue weighted by molar-refractivity contribution is -0.384. The molecule has 0 spiro atoms. The lowest BCUT2D eigenvalue weighted by atomic mass is 10.1. The highest BCUT2D eigenvalue weighted by Gasteiger charge is 2.34. The third kappa shape index (κ3) is 3.49. The molecule has 3 rings (SSSR count). The van der Waals surface area contributed by atoms with Gasteiger partial charge in [0.15, 0.2) is 0 Å². The molecule has 0 atom stereocenters. The number of imide groups is 1. The molecule has 1 saturated heterocycles. The number of hydrogen-bond donors (Lipinski definition) is 0. The summed E-state index contributed by atoms with van der Waals surface area (Å²) in [5.41, 5.74) is 0.596. The predicted octanol–water partition coefficient (Wildman–Crippen LogP) is 4.84. The highest BCUT2D eigenvalue weighted by molar-refractivity contribution is 9.10. The maximum absolute atomic E-state index is 12.2. The van der Waals surface area contributed by atoms with Crippen molar-refractivity contribution in [2.45, 2.75) is 0 Å². The Labute approximate surface area is 160 Å². The molecule has 9 heteroatoms. The molecule has 132 valence electrons. The number of benzene rings is 1. The van der Waals surface area contributed by atoms with Gasteiger partial charge in [0.25, 0.3) is 16.8 Å². The number of amides is 2. The van der Waals surface area contributed by atoms with Gasteiger partial charge in [-0.3, -0.25) is 24.6 Å². The van der Waals surface area contributed by atoms with E-state index in [1.807, 2.05) is 0 Å². The largest absolute Gasteiger partial charge is 0.457 e. The van der Waals surface area contributed by atoms with Gasteiger partial charge in [0.05, 0.1) is 9.83 Å². The highest BCUT2D eigenvalue weighted by atomic mass is 79.9. The Balaban J connectivity index is 1.87. The summed E-state index contributed by atoms with van der Waals surface area (Å²) in [5.74, 6) is 0.479. The summed E-state index contributed by atoms with van der Waals surface area (Å²) in [7, 11) is 0. The number of thioether (sulfide) groups is 1. The Morgan fingerprint density at radius 2 is 2.08 bits per heavy atom. The number of non-ortho nitro benzene ring substituents is 1. The second-order valence-corrected chi connectivity index (χ2v) is 7.05. The SMILES string of the molecule is C=CCN1C(=O)S/C(=C\c2ccc(-c3ccc([N+](=O)[O-])cc3Br)o2)C1=O. The Kier molecular flexibility index (Phi) is 5.10. The minimum atomic E-state index is -0.485. The Morgan fingerprint density at radius 1 is 1.31 bits per heavy atom. The van der Waals surface area contributed by atoms with E-state index in [1.165, 1.54) is 24.3 Å². The number of nitro groups is 1. The van der Waals surface area contributed by atoms with Crippen LogP contribution in [0, 0.1) is 10.1 Å². The number of carbonyl (C=O) groups is 2. The minimum Gasteiger partial charge on any atom is -0.457 e. The molecule has 26 heavy (non-hydrogen) atoms. The minimum absolute atomic E-state index is 0.0386. The van der Waals surface area contributed by atoms with Gasteiger partial charge in [0, 0.05) is 34.8 Å². The Bertz CT molecular complexity index is 966. The van der Waals surface area contributed by atoms with Crippen LogP contribution in [-0.2, 0) is 4.79 Å². The number of nitro benzene ring substituents is 1. The first-order valence-corrected chi connectivity index (χ1v) is 8.92. The van der Waals surface area contributed by atoms with Gasteiger partial charge < -0.3 is 4.42 Å². The molecule has 2 heterocycles. The van der Waals surface area contributed by atoms with Crippen molar-refractivity contribution in [3.63, 3.8) is 0 Å². The molecule has 0 N–H and O–H groups in total. The molecular formula is C17H11BrN2O5S. The zero-order chi connectivity index (χ0) is 18.8. The van der Waals surface area contributed by atoms with E-state index in [0.29, 0.717) is 21.6 Å². The van der Waals surface area contributed by atoms with E-state index in [9.17, 15) is 19.7 Å². The van der Waals surface area contributed by atoms with Crippen molar-refractivity contribution in [2.24, 2.45) is 0 Å². The lowest BCUT2D eigenvalue weighted by Crippen LogP contribution is -2.27. The van der Waals surface area contributed by atoms with Crippen molar-refractivity contribution < 1.29 is 18.9 Å². The van der Waals surface area contributed by atoms with Crippen LogP contribution in [0.1, 0.15) is 5.76 Å². The van der Waals surface area contributed by atoms with Crippen LogP contribution in [0.2, 0.25) is 0 Å². The average molecular weight is 435 g/mol. The molecule has 2 aromatic rings. The molecule has 0 aliphatic carbocycles. The summed E-state index contributed by atoms with van der Waals surface area (Å²) in [6.07, 6.45) is 2.98. The zero-order valence-electron chi connectivity index (χ0n) is 13.2. The number of halogens is 1. The van der Waals surface area contributed by atoms with Gasteiger partial charge >= 0.3 is 0 Å². The van der Waals surface area contributed by atoms with Crippen LogP contribution >= 0.6 is 27.7 Å².